The predicted octanol–water partition coefficient (Wildman–Crippen LogP) is 2.26. The lowest BCUT2D eigenvalue weighted by Crippen LogP contribution is -2.34. The molecule has 0 N–H and O–H groups in total. The van der Waals surface area contributed by atoms with Crippen molar-refractivity contribution in [3.8, 4) is 0 Å². The van der Waals surface area contributed by atoms with Gasteiger partial charge in [-0.25, -0.2) is 13.9 Å². The topological polar surface area (TPSA) is 66.6 Å². The second kappa shape index (κ2) is 6.59. The van der Waals surface area contributed by atoms with E-state index < -0.39 is 0 Å². The van der Waals surface area contributed by atoms with Crippen molar-refractivity contribution in [2.24, 2.45) is 11.8 Å². The average Bonchev–Trinajstić information content (AvgIpc) is 3.33. The number of carbonyl (C=O) groups is 1. The number of aromatic nitrogens is 4. The second-order valence-electron chi connectivity index (χ2n) is 8.26. The summed E-state index contributed by atoms with van der Waals surface area (Å²) in [4.78, 5) is 26.0. The molecule has 5 rings (SSSR count). The first-order valence-corrected chi connectivity index (χ1v) is 9.86. The fraction of sp³-hybridized carbons (Fsp3) is 0.429. The summed E-state index contributed by atoms with van der Waals surface area (Å²) < 4.78 is 15.4. The van der Waals surface area contributed by atoms with E-state index in [-0.39, 0.29) is 29.5 Å². The van der Waals surface area contributed by atoms with Gasteiger partial charge in [0, 0.05) is 43.0 Å². The normalized spacial score (nSPS) is 24.4. The smallest absolute Gasteiger partial charge is 0.293 e. The van der Waals surface area contributed by atoms with E-state index in [1.165, 1.54) is 6.07 Å². The minimum Gasteiger partial charge on any atom is -0.335 e. The van der Waals surface area contributed by atoms with Crippen molar-refractivity contribution in [1.82, 2.24) is 29.4 Å². The third-order valence-corrected chi connectivity index (χ3v) is 6.18. The molecule has 29 heavy (non-hydrogen) atoms. The first-order valence-electron chi connectivity index (χ1n) is 9.86. The van der Waals surface area contributed by atoms with Crippen molar-refractivity contribution in [3.63, 3.8) is 0 Å². The molecule has 1 amide bonds. The third-order valence-electron chi connectivity index (χ3n) is 6.18. The van der Waals surface area contributed by atoms with E-state index in [0.29, 0.717) is 24.8 Å². The van der Waals surface area contributed by atoms with Gasteiger partial charge in [-0.1, -0.05) is 12.1 Å². The van der Waals surface area contributed by atoms with Crippen LogP contribution in [-0.2, 0) is 0 Å². The van der Waals surface area contributed by atoms with Gasteiger partial charge in [0.25, 0.3) is 11.7 Å². The van der Waals surface area contributed by atoms with Crippen LogP contribution in [0.15, 0.2) is 30.3 Å². The van der Waals surface area contributed by atoms with Crippen LogP contribution in [0.1, 0.15) is 33.6 Å². The van der Waals surface area contributed by atoms with Crippen molar-refractivity contribution in [1.29, 1.82) is 0 Å². The number of nitrogens with zero attached hydrogens (tertiary/aromatic N) is 6. The first-order chi connectivity index (χ1) is 13.9. The van der Waals surface area contributed by atoms with Crippen molar-refractivity contribution in [2.45, 2.75) is 19.9 Å². The van der Waals surface area contributed by atoms with Crippen LogP contribution >= 0.6 is 0 Å². The molecule has 0 saturated carbocycles. The lowest BCUT2D eigenvalue weighted by Gasteiger charge is -2.26. The number of aryl methyl sites for hydroxylation is 2. The molecule has 2 aromatic heterocycles. The molecule has 0 bridgehead atoms. The maximum atomic E-state index is 13.8. The van der Waals surface area contributed by atoms with Crippen molar-refractivity contribution < 1.29 is 9.18 Å². The molecule has 0 spiro atoms. The van der Waals surface area contributed by atoms with Crippen LogP contribution in [0.25, 0.3) is 5.78 Å². The number of likely N-dealkylation sites (tertiary alicyclic amines) is 2. The van der Waals surface area contributed by atoms with Gasteiger partial charge in [-0.05, 0) is 50.6 Å². The fourth-order valence-corrected chi connectivity index (χ4v) is 5.01. The number of amides is 1. The summed E-state index contributed by atoms with van der Waals surface area (Å²) >= 11 is 0. The van der Waals surface area contributed by atoms with E-state index in [4.69, 9.17) is 0 Å². The Bertz CT molecular complexity index is 1110. The van der Waals surface area contributed by atoms with Crippen LogP contribution in [0.3, 0.4) is 0 Å². The van der Waals surface area contributed by atoms with Gasteiger partial charge in [-0.2, -0.15) is 4.98 Å². The van der Waals surface area contributed by atoms with Gasteiger partial charge in [0.15, 0.2) is 0 Å². The van der Waals surface area contributed by atoms with Gasteiger partial charge in [0.2, 0.25) is 5.82 Å². The minimum atomic E-state index is -0.225. The SMILES string of the molecule is Cc1cc(C)n2nc(C(=O)N3C[C@@H]4CN(C)[C@@H](c5cccc(F)c5)[C@@H]4C3)nc2n1. The molecule has 1 aromatic carbocycles. The molecule has 0 radical (unpaired) electrons. The highest BCUT2D eigenvalue weighted by atomic mass is 19.1. The standard InChI is InChI=1S/C21H23FN6O/c1-12-7-13(2)28-21(23-12)24-19(25-28)20(29)27-10-15-9-26(3)18(17(15)11-27)14-5-4-6-16(22)8-14/h4-8,15,17-18H,9-11H2,1-3H3/t15-,17+,18-/m0/s1. The Morgan fingerprint density at radius 1 is 1.14 bits per heavy atom. The summed E-state index contributed by atoms with van der Waals surface area (Å²) in [6, 6.07) is 8.81. The van der Waals surface area contributed by atoms with Crippen LogP contribution in [0.4, 0.5) is 4.39 Å². The van der Waals surface area contributed by atoms with Crippen LogP contribution < -0.4 is 0 Å². The lowest BCUT2D eigenvalue weighted by atomic mass is 9.89. The first kappa shape index (κ1) is 18.2. The molecule has 8 heteroatoms. The minimum absolute atomic E-state index is 0.106. The van der Waals surface area contributed by atoms with E-state index in [2.05, 4.69) is 27.0 Å². The van der Waals surface area contributed by atoms with E-state index in [9.17, 15) is 9.18 Å². The lowest BCUT2D eigenvalue weighted by molar-refractivity contribution is 0.0756. The quantitative estimate of drug-likeness (QED) is 0.667. The van der Waals surface area contributed by atoms with Gasteiger partial charge in [-0.15, -0.1) is 5.10 Å². The highest BCUT2D eigenvalue weighted by Crippen LogP contribution is 2.44. The molecule has 4 heterocycles. The Morgan fingerprint density at radius 3 is 2.76 bits per heavy atom. The zero-order chi connectivity index (χ0) is 20.3. The summed E-state index contributed by atoms with van der Waals surface area (Å²) in [5.74, 6) is 0.866. The summed E-state index contributed by atoms with van der Waals surface area (Å²) in [5.41, 5.74) is 2.71. The van der Waals surface area contributed by atoms with E-state index in [1.807, 2.05) is 30.9 Å². The van der Waals surface area contributed by atoms with Crippen LogP contribution in [0.2, 0.25) is 0 Å². The van der Waals surface area contributed by atoms with Gasteiger partial charge in [0.1, 0.15) is 5.82 Å². The molecule has 7 nitrogen and oxygen atoms in total. The molecule has 2 saturated heterocycles. The maximum Gasteiger partial charge on any atom is 0.293 e. The Kier molecular flexibility index (Phi) is 4.13. The molecule has 0 unspecified atom stereocenters. The average molecular weight is 394 g/mol. The Labute approximate surface area is 168 Å². The summed E-state index contributed by atoms with van der Waals surface area (Å²) in [7, 11) is 2.07. The zero-order valence-electron chi connectivity index (χ0n) is 16.7. The molecule has 150 valence electrons. The highest BCUT2D eigenvalue weighted by Gasteiger charge is 2.47. The maximum absolute atomic E-state index is 13.8. The summed E-state index contributed by atoms with van der Waals surface area (Å²) in [5, 5.41) is 4.39. The van der Waals surface area contributed by atoms with Crippen molar-refractivity contribution in [3.05, 3.63) is 58.9 Å². The van der Waals surface area contributed by atoms with Gasteiger partial charge >= 0.3 is 0 Å². The number of hydrogen-bond donors (Lipinski definition) is 0. The molecular weight excluding hydrogens is 371 g/mol. The molecule has 0 aliphatic carbocycles. The summed E-state index contributed by atoms with van der Waals surface area (Å²) in [6.07, 6.45) is 0. The van der Waals surface area contributed by atoms with Gasteiger partial charge in [0.05, 0.1) is 0 Å². The monoisotopic (exact) mass is 394 g/mol. The van der Waals surface area contributed by atoms with Crippen LogP contribution in [0.5, 0.6) is 0 Å². The van der Waals surface area contributed by atoms with Crippen molar-refractivity contribution in [2.75, 3.05) is 26.7 Å². The molecule has 3 atom stereocenters. The number of rotatable bonds is 2. The van der Waals surface area contributed by atoms with Gasteiger partial charge in [-0.3, -0.25) is 9.69 Å². The number of fused-ring (bicyclic) bond motifs is 2. The molecule has 3 aromatic rings. The number of halogens is 1. The predicted molar refractivity (Wildman–Crippen MR) is 105 cm³/mol. The second-order valence-corrected chi connectivity index (χ2v) is 8.26. The summed E-state index contributed by atoms with van der Waals surface area (Å²) in [6.45, 7) is 5.99. The Balaban J connectivity index is 1.40. The molecule has 2 fully saturated rings. The van der Waals surface area contributed by atoms with E-state index in [1.54, 1.807) is 16.6 Å². The fourth-order valence-electron chi connectivity index (χ4n) is 5.01. The molecular formula is C21H23FN6O. The molecule has 2 aliphatic heterocycles. The van der Waals surface area contributed by atoms with Gasteiger partial charge < -0.3 is 4.90 Å². The van der Waals surface area contributed by atoms with E-state index >= 15 is 0 Å². The highest BCUT2D eigenvalue weighted by molar-refractivity contribution is 5.91. The zero-order valence-corrected chi connectivity index (χ0v) is 16.7. The van der Waals surface area contributed by atoms with Crippen LogP contribution in [0, 0.1) is 31.5 Å². The largest absolute Gasteiger partial charge is 0.335 e. The van der Waals surface area contributed by atoms with E-state index in [0.717, 1.165) is 23.5 Å². The number of benzene rings is 1. The number of hydrogen-bond acceptors (Lipinski definition) is 5. The van der Waals surface area contributed by atoms with Crippen molar-refractivity contribution >= 4 is 11.7 Å². The molecule has 2 aliphatic rings. The number of carbonyl (C=O) groups excluding carboxylic acids is 1. The van der Waals surface area contributed by atoms with Crippen LogP contribution in [-0.4, -0.2) is 62.0 Å². The Morgan fingerprint density at radius 2 is 1.97 bits per heavy atom. The Hall–Kier alpha value is -2.87. The third kappa shape index (κ3) is 2.98.